The molecule has 0 aromatic heterocycles. The van der Waals surface area contributed by atoms with Crippen molar-refractivity contribution in [1.82, 2.24) is 5.32 Å². The Morgan fingerprint density at radius 2 is 1.77 bits per heavy atom. The highest BCUT2D eigenvalue weighted by Crippen LogP contribution is 2.27. The summed E-state index contributed by atoms with van der Waals surface area (Å²) in [6, 6.07) is 4.90. The molecule has 1 aliphatic heterocycles. The van der Waals surface area contributed by atoms with Crippen LogP contribution in [0.4, 0.5) is 0 Å². The minimum Gasteiger partial charge on any atom is -0.496 e. The van der Waals surface area contributed by atoms with Gasteiger partial charge in [-0.3, -0.25) is 4.79 Å². The van der Waals surface area contributed by atoms with E-state index in [1.807, 2.05) is 0 Å². The van der Waals surface area contributed by atoms with E-state index in [-0.39, 0.29) is 24.2 Å². The van der Waals surface area contributed by atoms with Crippen molar-refractivity contribution in [2.45, 2.75) is 25.3 Å². The number of benzene rings is 1. The molecule has 1 aromatic rings. The van der Waals surface area contributed by atoms with E-state index in [9.17, 15) is 4.79 Å². The van der Waals surface area contributed by atoms with E-state index in [0.29, 0.717) is 50.0 Å². The highest BCUT2D eigenvalue weighted by atomic mass is 35.5. The lowest BCUT2D eigenvalue weighted by Gasteiger charge is -2.26. The number of carbonyl (C=O) groups excluding carboxylic acids is 1. The minimum atomic E-state index is -0.465. The summed E-state index contributed by atoms with van der Waals surface area (Å²) < 4.78 is 21.4. The number of hydrogen-bond acceptors (Lipinski definition) is 6. The standard InChI is InChI=1S/C18H28N2O5.ClH/c1-22-14-10-15(23-2)12-16(11-14)25-7-3-6-20-18(21)17(19)13-4-8-24-9-5-13;/h10-13,17H,3-9,19H2,1-2H3,(H,20,21);1H. The largest absolute Gasteiger partial charge is 0.496 e. The molecule has 26 heavy (non-hydrogen) atoms. The van der Waals surface area contributed by atoms with E-state index in [1.165, 1.54) is 0 Å². The average Bonchev–Trinajstić information content (AvgIpc) is 2.67. The van der Waals surface area contributed by atoms with E-state index in [1.54, 1.807) is 32.4 Å². The lowest BCUT2D eigenvalue weighted by atomic mass is 9.92. The van der Waals surface area contributed by atoms with Crippen molar-refractivity contribution in [3.05, 3.63) is 18.2 Å². The smallest absolute Gasteiger partial charge is 0.237 e. The van der Waals surface area contributed by atoms with Gasteiger partial charge in [-0.1, -0.05) is 0 Å². The predicted octanol–water partition coefficient (Wildman–Crippen LogP) is 1.76. The van der Waals surface area contributed by atoms with Crippen LogP contribution in [0.5, 0.6) is 17.2 Å². The molecule has 0 bridgehead atoms. The van der Waals surface area contributed by atoms with Crippen LogP contribution in [0.25, 0.3) is 0 Å². The van der Waals surface area contributed by atoms with Crippen LogP contribution in [-0.2, 0) is 9.53 Å². The zero-order valence-electron chi connectivity index (χ0n) is 15.4. The molecule has 0 radical (unpaired) electrons. The molecule has 1 amide bonds. The van der Waals surface area contributed by atoms with Crippen molar-refractivity contribution in [2.75, 3.05) is 40.6 Å². The van der Waals surface area contributed by atoms with Crippen molar-refractivity contribution < 1.29 is 23.7 Å². The van der Waals surface area contributed by atoms with Crippen LogP contribution in [0.1, 0.15) is 19.3 Å². The molecular weight excluding hydrogens is 360 g/mol. The maximum absolute atomic E-state index is 12.1. The summed E-state index contributed by atoms with van der Waals surface area (Å²) in [4.78, 5) is 12.1. The summed E-state index contributed by atoms with van der Waals surface area (Å²) in [5.41, 5.74) is 6.04. The van der Waals surface area contributed by atoms with Crippen molar-refractivity contribution in [3.63, 3.8) is 0 Å². The number of rotatable bonds is 9. The maximum Gasteiger partial charge on any atom is 0.237 e. The predicted molar refractivity (Wildman–Crippen MR) is 101 cm³/mol. The molecule has 1 atom stereocenters. The molecular formula is C18H29ClN2O5. The number of methoxy groups -OCH3 is 2. The summed E-state index contributed by atoms with van der Waals surface area (Å²) in [5, 5.41) is 2.88. The Kier molecular flexibility index (Phi) is 10.2. The van der Waals surface area contributed by atoms with E-state index in [4.69, 9.17) is 24.7 Å². The molecule has 2 rings (SSSR count). The van der Waals surface area contributed by atoms with Crippen LogP contribution < -0.4 is 25.3 Å². The molecule has 0 saturated carbocycles. The van der Waals surface area contributed by atoms with E-state index < -0.39 is 6.04 Å². The Hall–Kier alpha value is -1.70. The zero-order valence-corrected chi connectivity index (χ0v) is 16.2. The number of amides is 1. The van der Waals surface area contributed by atoms with Gasteiger partial charge in [0.05, 0.1) is 26.9 Å². The third-order valence-corrected chi connectivity index (χ3v) is 4.29. The molecule has 1 heterocycles. The van der Waals surface area contributed by atoms with Gasteiger partial charge < -0.3 is 30.0 Å². The molecule has 1 aliphatic rings. The van der Waals surface area contributed by atoms with Gasteiger partial charge in [-0.2, -0.15) is 0 Å². The van der Waals surface area contributed by atoms with Crippen LogP contribution >= 0.6 is 12.4 Å². The van der Waals surface area contributed by atoms with Gasteiger partial charge in [0.25, 0.3) is 0 Å². The molecule has 3 N–H and O–H groups in total. The molecule has 1 unspecified atom stereocenters. The molecule has 8 heteroatoms. The van der Waals surface area contributed by atoms with Gasteiger partial charge in [-0.25, -0.2) is 0 Å². The second-order valence-electron chi connectivity index (χ2n) is 6.02. The second kappa shape index (κ2) is 11.8. The molecule has 148 valence electrons. The summed E-state index contributed by atoms with van der Waals surface area (Å²) >= 11 is 0. The first-order chi connectivity index (χ1) is 12.1. The quantitative estimate of drug-likeness (QED) is 0.626. The van der Waals surface area contributed by atoms with Crippen LogP contribution in [0.3, 0.4) is 0 Å². The molecule has 1 aromatic carbocycles. The Morgan fingerprint density at radius 1 is 1.19 bits per heavy atom. The molecule has 7 nitrogen and oxygen atoms in total. The summed E-state index contributed by atoms with van der Waals surface area (Å²) in [6.07, 6.45) is 2.37. The highest BCUT2D eigenvalue weighted by molar-refractivity contribution is 5.85. The third kappa shape index (κ3) is 6.90. The van der Waals surface area contributed by atoms with Crippen molar-refractivity contribution in [3.8, 4) is 17.2 Å². The van der Waals surface area contributed by atoms with Gasteiger partial charge in [0.2, 0.25) is 5.91 Å². The first kappa shape index (κ1) is 22.3. The molecule has 0 spiro atoms. The van der Waals surface area contributed by atoms with Crippen LogP contribution in [0.2, 0.25) is 0 Å². The number of hydrogen-bond donors (Lipinski definition) is 2. The van der Waals surface area contributed by atoms with Gasteiger partial charge in [-0.05, 0) is 25.2 Å². The number of carbonyl (C=O) groups is 1. The fourth-order valence-electron chi connectivity index (χ4n) is 2.75. The summed E-state index contributed by atoms with van der Waals surface area (Å²) in [7, 11) is 3.19. The molecule has 1 saturated heterocycles. The average molecular weight is 389 g/mol. The number of nitrogens with two attached hydrogens (primary N) is 1. The molecule has 1 fully saturated rings. The number of nitrogens with one attached hydrogen (secondary N) is 1. The monoisotopic (exact) mass is 388 g/mol. The maximum atomic E-state index is 12.1. The topological polar surface area (TPSA) is 92.0 Å². The minimum absolute atomic E-state index is 0. The SMILES string of the molecule is COc1cc(OC)cc(OCCCNC(=O)C(N)C2CCOCC2)c1.Cl. The van der Waals surface area contributed by atoms with Gasteiger partial charge in [-0.15, -0.1) is 12.4 Å². The van der Waals surface area contributed by atoms with Gasteiger partial charge in [0.1, 0.15) is 17.2 Å². The summed E-state index contributed by atoms with van der Waals surface area (Å²) in [6.45, 7) is 2.37. The van der Waals surface area contributed by atoms with Gasteiger partial charge in [0.15, 0.2) is 0 Å². The Bertz CT molecular complexity index is 530. The second-order valence-corrected chi connectivity index (χ2v) is 6.02. The van der Waals surface area contributed by atoms with Gasteiger partial charge in [0, 0.05) is 38.0 Å². The first-order valence-electron chi connectivity index (χ1n) is 8.61. The molecule has 0 aliphatic carbocycles. The first-order valence-corrected chi connectivity index (χ1v) is 8.61. The van der Waals surface area contributed by atoms with Crippen LogP contribution in [0.15, 0.2) is 18.2 Å². The zero-order chi connectivity index (χ0) is 18.1. The Labute approximate surface area is 160 Å². The lowest BCUT2D eigenvalue weighted by molar-refractivity contribution is -0.124. The lowest BCUT2D eigenvalue weighted by Crippen LogP contribution is -2.47. The number of ether oxygens (including phenoxy) is 4. The van der Waals surface area contributed by atoms with Crippen molar-refractivity contribution in [1.29, 1.82) is 0 Å². The third-order valence-electron chi connectivity index (χ3n) is 4.29. The number of halogens is 1. The van der Waals surface area contributed by atoms with Crippen molar-refractivity contribution >= 4 is 18.3 Å². The van der Waals surface area contributed by atoms with E-state index in [0.717, 1.165) is 12.8 Å². The van der Waals surface area contributed by atoms with Crippen LogP contribution in [-0.4, -0.2) is 52.5 Å². The normalized spacial score (nSPS) is 15.5. The van der Waals surface area contributed by atoms with Crippen LogP contribution in [0, 0.1) is 5.92 Å². The summed E-state index contributed by atoms with van der Waals surface area (Å²) in [5.74, 6) is 2.11. The van der Waals surface area contributed by atoms with E-state index in [2.05, 4.69) is 5.32 Å². The Morgan fingerprint density at radius 3 is 2.35 bits per heavy atom. The Balaban J connectivity index is 0.00000338. The fourth-order valence-corrected chi connectivity index (χ4v) is 2.75. The van der Waals surface area contributed by atoms with E-state index >= 15 is 0 Å². The highest BCUT2D eigenvalue weighted by Gasteiger charge is 2.26. The fraction of sp³-hybridized carbons (Fsp3) is 0.611. The van der Waals surface area contributed by atoms with Gasteiger partial charge >= 0.3 is 0 Å². The van der Waals surface area contributed by atoms with Crippen molar-refractivity contribution in [2.24, 2.45) is 11.7 Å².